The van der Waals surface area contributed by atoms with Crippen molar-refractivity contribution in [3.05, 3.63) is 36.0 Å². The monoisotopic (exact) mass is 315 g/mol. The smallest absolute Gasteiger partial charge is 0.298 e. The van der Waals surface area contributed by atoms with E-state index >= 15 is 0 Å². The molecule has 0 spiro atoms. The molecule has 0 saturated carbocycles. The van der Waals surface area contributed by atoms with E-state index in [0.717, 1.165) is 17.1 Å². The number of aromatic nitrogens is 2. The number of sulfonamides is 1. The van der Waals surface area contributed by atoms with Gasteiger partial charge in [0.05, 0.1) is 11.8 Å². The second kappa shape index (κ2) is 5.68. The van der Waals surface area contributed by atoms with Gasteiger partial charge in [0.2, 0.25) is 22.8 Å². The molecule has 1 heterocycles. The average Bonchev–Trinajstić information content (AvgIpc) is 2.35. The minimum absolute atomic E-state index is 0.0910. The number of hydrogen-bond acceptors (Lipinski definition) is 4. The average molecular weight is 315 g/mol. The maximum Gasteiger partial charge on any atom is 0.298 e. The van der Waals surface area contributed by atoms with Crippen LogP contribution >= 0.6 is 0 Å². The van der Waals surface area contributed by atoms with E-state index in [2.05, 4.69) is 9.50 Å². The fourth-order valence-electron chi connectivity index (χ4n) is 1.78. The molecular weight excluding hydrogens is 304 g/mol. The van der Waals surface area contributed by atoms with Crippen LogP contribution in [0.2, 0.25) is 0 Å². The molecule has 112 valence electrons. The van der Waals surface area contributed by atoms with E-state index in [1.807, 2.05) is 0 Å². The summed E-state index contributed by atoms with van der Waals surface area (Å²) in [6.45, 7) is -0.704. The van der Waals surface area contributed by atoms with Gasteiger partial charge in [-0.15, -0.1) is 0 Å². The summed E-state index contributed by atoms with van der Waals surface area (Å²) in [7, 11) is -3.88. The lowest BCUT2D eigenvalue weighted by atomic mass is 10.1. The highest BCUT2D eigenvalue weighted by molar-refractivity contribution is 7.89. The van der Waals surface area contributed by atoms with E-state index in [9.17, 15) is 22.3 Å². The molecule has 1 aromatic heterocycles. The van der Waals surface area contributed by atoms with E-state index in [0.29, 0.717) is 10.9 Å². The van der Waals surface area contributed by atoms with Gasteiger partial charge in [0.1, 0.15) is 5.52 Å². The largest absolute Gasteiger partial charge is 0.857 e. The first-order chi connectivity index (χ1) is 9.76. The van der Waals surface area contributed by atoms with Crippen molar-refractivity contribution in [1.29, 1.82) is 0 Å². The second-order valence-corrected chi connectivity index (χ2v) is 5.95. The number of rotatable bonds is 4. The molecule has 21 heavy (non-hydrogen) atoms. The van der Waals surface area contributed by atoms with Gasteiger partial charge < -0.3 is 5.11 Å². The van der Waals surface area contributed by atoms with Crippen molar-refractivity contribution in [3.8, 4) is 0 Å². The topological polar surface area (TPSA) is 86.3 Å². The molecule has 0 atom stereocenters. The number of benzene rings is 1. The molecule has 0 N–H and O–H groups in total. The molecule has 1 aromatic carbocycles. The van der Waals surface area contributed by atoms with Crippen molar-refractivity contribution in [2.45, 2.75) is 13.0 Å². The van der Waals surface area contributed by atoms with Crippen LogP contribution in [-0.4, -0.2) is 32.1 Å². The van der Waals surface area contributed by atoms with Gasteiger partial charge in [-0.1, -0.05) is 22.9 Å². The first kappa shape index (κ1) is 15.2. The molecule has 0 aliphatic carbocycles. The minimum Gasteiger partial charge on any atom is -0.857 e. The van der Waals surface area contributed by atoms with Crippen molar-refractivity contribution in [2.75, 3.05) is 6.26 Å². The third-order valence-corrected chi connectivity index (χ3v) is 3.01. The van der Waals surface area contributed by atoms with Gasteiger partial charge in [-0.05, 0) is 6.07 Å². The molecule has 0 aliphatic heterocycles. The highest BCUT2D eigenvalue weighted by Gasteiger charge is 2.17. The van der Waals surface area contributed by atoms with E-state index < -0.39 is 28.9 Å². The zero-order valence-electron chi connectivity index (χ0n) is 10.9. The fraction of sp³-hybridized carbons (Fsp3) is 0.250. The molecule has 0 radical (unpaired) electrons. The second-order valence-electron chi connectivity index (χ2n) is 4.30. The van der Waals surface area contributed by atoms with Crippen LogP contribution in [0.4, 0.5) is 8.78 Å². The lowest BCUT2D eigenvalue weighted by Gasteiger charge is -2.10. The predicted octanol–water partition coefficient (Wildman–Crippen LogP) is -0.146. The van der Waals surface area contributed by atoms with Gasteiger partial charge in [-0.2, -0.15) is 4.40 Å². The lowest BCUT2D eigenvalue weighted by molar-refractivity contribution is -0.759. The maximum atomic E-state index is 12.5. The van der Waals surface area contributed by atoms with Crippen LogP contribution in [0.5, 0.6) is 0 Å². The van der Waals surface area contributed by atoms with Crippen molar-refractivity contribution in [3.63, 3.8) is 0 Å². The van der Waals surface area contributed by atoms with Gasteiger partial charge in [0, 0.05) is 16.4 Å². The molecule has 2 rings (SSSR count). The number of fused-ring (bicyclic) bond motifs is 1. The van der Waals surface area contributed by atoms with Crippen LogP contribution in [0.25, 0.3) is 10.9 Å². The Hall–Kier alpha value is -2.16. The summed E-state index contributed by atoms with van der Waals surface area (Å²) in [6, 6.07) is 6.33. The van der Waals surface area contributed by atoms with Crippen LogP contribution in [0.1, 0.15) is 5.56 Å². The normalized spacial score (nSPS) is 13.0. The van der Waals surface area contributed by atoms with Gasteiger partial charge >= 0.3 is 0 Å². The molecule has 0 unspecified atom stereocenters. The van der Waals surface area contributed by atoms with Gasteiger partial charge in [-0.25, -0.2) is 17.2 Å². The third-order valence-electron chi connectivity index (χ3n) is 2.51. The molecular formula is C12H11F2N3O3S. The summed E-state index contributed by atoms with van der Waals surface area (Å²) in [5.41, 5.74) is 0.208. The van der Waals surface area contributed by atoms with E-state index in [1.165, 1.54) is 6.07 Å². The Balaban J connectivity index is 2.68. The summed E-state index contributed by atoms with van der Waals surface area (Å²) < 4.78 is 51.0. The Bertz CT molecular complexity index is 806. The maximum absolute atomic E-state index is 12.5. The van der Waals surface area contributed by atoms with Gasteiger partial charge in [0.15, 0.2) is 0 Å². The Labute approximate surface area is 119 Å². The van der Waals surface area contributed by atoms with Crippen molar-refractivity contribution >= 4 is 26.8 Å². The van der Waals surface area contributed by atoms with Crippen LogP contribution in [0, 0.1) is 0 Å². The summed E-state index contributed by atoms with van der Waals surface area (Å²) >= 11 is 0. The molecule has 9 heteroatoms. The summed E-state index contributed by atoms with van der Waals surface area (Å²) in [6.07, 6.45) is -0.800. The van der Waals surface area contributed by atoms with Crippen molar-refractivity contribution < 1.29 is 27.0 Å². The molecule has 2 aromatic rings. The van der Waals surface area contributed by atoms with Gasteiger partial charge in [-0.3, -0.25) is 0 Å². The molecule has 0 bridgehead atoms. The molecule has 0 saturated heterocycles. The van der Waals surface area contributed by atoms with E-state index in [1.54, 1.807) is 18.2 Å². The Morgan fingerprint density at radius 3 is 2.71 bits per heavy atom. The standard InChI is InChI=1S/C12H11F2N3O3S/c1-21(19,20)16-12(18)9-6-17(7-11(13)14)15-10-5-3-2-4-8(9)10/h2-6,11H,7H2,1H3. The first-order valence-corrected chi connectivity index (χ1v) is 7.66. The Kier molecular flexibility index (Phi) is 4.12. The summed E-state index contributed by atoms with van der Waals surface area (Å²) in [5.74, 6) is -1.01. The van der Waals surface area contributed by atoms with E-state index in [-0.39, 0.29) is 5.56 Å². The summed E-state index contributed by atoms with van der Waals surface area (Å²) in [4.78, 5) is 0. The quantitative estimate of drug-likeness (QED) is 0.446. The van der Waals surface area contributed by atoms with Crippen LogP contribution < -0.4 is 9.79 Å². The zero-order chi connectivity index (χ0) is 15.6. The lowest BCUT2D eigenvalue weighted by Crippen LogP contribution is -2.42. The minimum atomic E-state index is -3.88. The fourth-order valence-corrected chi connectivity index (χ4v) is 2.18. The third kappa shape index (κ3) is 3.91. The Morgan fingerprint density at radius 2 is 2.10 bits per heavy atom. The highest BCUT2D eigenvalue weighted by atomic mass is 32.2. The summed E-state index contributed by atoms with van der Waals surface area (Å²) in [5, 5.41) is 16.2. The van der Waals surface area contributed by atoms with Crippen molar-refractivity contribution in [1.82, 2.24) is 5.10 Å². The SMILES string of the molecule is CS(=O)(=O)N=C([O-])c1c[n+](CC(F)F)nc2ccccc12. The molecule has 6 nitrogen and oxygen atoms in total. The van der Waals surface area contributed by atoms with Crippen LogP contribution in [0.3, 0.4) is 0 Å². The Morgan fingerprint density at radius 1 is 1.43 bits per heavy atom. The van der Waals surface area contributed by atoms with Crippen LogP contribution in [0.15, 0.2) is 34.9 Å². The zero-order valence-corrected chi connectivity index (χ0v) is 11.7. The first-order valence-electron chi connectivity index (χ1n) is 5.81. The van der Waals surface area contributed by atoms with Crippen molar-refractivity contribution in [2.24, 2.45) is 4.40 Å². The number of hydrogen-bond donors (Lipinski definition) is 0. The number of alkyl halides is 2. The number of nitrogens with zero attached hydrogens (tertiary/aromatic N) is 3. The molecule has 0 fully saturated rings. The van der Waals surface area contributed by atoms with E-state index in [4.69, 9.17) is 0 Å². The molecule has 0 amide bonds. The predicted molar refractivity (Wildman–Crippen MR) is 69.3 cm³/mol. The number of halogens is 2. The highest BCUT2D eigenvalue weighted by Crippen LogP contribution is 2.14. The van der Waals surface area contributed by atoms with Crippen LogP contribution in [-0.2, 0) is 16.6 Å². The van der Waals surface area contributed by atoms with Gasteiger partial charge in [0.25, 0.3) is 6.43 Å². The molecule has 0 aliphatic rings.